The van der Waals surface area contributed by atoms with E-state index in [0.717, 1.165) is 35.5 Å². The Morgan fingerprint density at radius 3 is 2.53 bits per heavy atom. The van der Waals surface area contributed by atoms with E-state index in [1.807, 2.05) is 5.57 Å². The number of fused-ring (bicyclic) bond motifs is 2. The van der Waals surface area contributed by atoms with Crippen molar-refractivity contribution in [3.63, 3.8) is 0 Å². The topological polar surface area (TPSA) is 0 Å². The van der Waals surface area contributed by atoms with Crippen LogP contribution in [0.3, 0.4) is 0 Å². The first-order valence-corrected chi connectivity index (χ1v) is 7.59. The van der Waals surface area contributed by atoms with Crippen LogP contribution in [0.1, 0.15) is 46.5 Å². The van der Waals surface area contributed by atoms with Crippen molar-refractivity contribution < 1.29 is 0 Å². The summed E-state index contributed by atoms with van der Waals surface area (Å²) in [5, 5.41) is 0. The van der Waals surface area contributed by atoms with Gasteiger partial charge in [0.25, 0.3) is 0 Å². The van der Waals surface area contributed by atoms with Crippen LogP contribution in [-0.4, -0.2) is 0 Å². The van der Waals surface area contributed by atoms with Gasteiger partial charge in [0.2, 0.25) is 0 Å². The second kappa shape index (κ2) is 4.30. The maximum absolute atomic E-state index is 2.54. The van der Waals surface area contributed by atoms with E-state index in [4.69, 9.17) is 0 Å². The Hall–Kier alpha value is -0.520. The summed E-state index contributed by atoms with van der Waals surface area (Å²) in [6, 6.07) is 0. The summed E-state index contributed by atoms with van der Waals surface area (Å²) < 4.78 is 0. The molecular formula is C17H26. The fourth-order valence-electron chi connectivity index (χ4n) is 5.10. The van der Waals surface area contributed by atoms with Crippen LogP contribution >= 0.6 is 0 Å². The molecule has 0 radical (unpaired) electrons. The molecular weight excluding hydrogens is 204 g/mol. The second-order valence-electron chi connectivity index (χ2n) is 6.56. The molecule has 0 saturated heterocycles. The molecule has 0 heteroatoms. The van der Waals surface area contributed by atoms with Gasteiger partial charge in [-0.3, -0.25) is 0 Å². The Morgan fingerprint density at radius 2 is 1.94 bits per heavy atom. The molecule has 3 aliphatic carbocycles. The minimum Gasteiger partial charge on any atom is -0.0879 e. The monoisotopic (exact) mass is 230 g/mol. The van der Waals surface area contributed by atoms with Gasteiger partial charge >= 0.3 is 0 Å². The smallest absolute Gasteiger partial charge is 0.0172 e. The van der Waals surface area contributed by atoms with E-state index in [0.29, 0.717) is 0 Å². The van der Waals surface area contributed by atoms with E-state index < -0.39 is 0 Å². The molecule has 0 amide bonds. The fraction of sp³-hybridized carbons (Fsp3) is 0.765. The summed E-state index contributed by atoms with van der Waals surface area (Å²) in [7, 11) is 0. The SMILES string of the molecule is C/C=C1\C2CC(C3C=CC(C)C3)C(C2)C1CC. The molecule has 3 aliphatic rings. The highest BCUT2D eigenvalue weighted by Gasteiger charge is 2.50. The van der Waals surface area contributed by atoms with Gasteiger partial charge < -0.3 is 0 Å². The van der Waals surface area contributed by atoms with Gasteiger partial charge in [0, 0.05) is 0 Å². The summed E-state index contributed by atoms with van der Waals surface area (Å²) >= 11 is 0. The molecule has 2 fully saturated rings. The van der Waals surface area contributed by atoms with Crippen LogP contribution in [0.15, 0.2) is 23.8 Å². The largest absolute Gasteiger partial charge is 0.0879 e. The van der Waals surface area contributed by atoms with Crippen LogP contribution in [0.2, 0.25) is 0 Å². The van der Waals surface area contributed by atoms with Crippen molar-refractivity contribution in [2.75, 3.05) is 0 Å². The highest BCUT2D eigenvalue weighted by Crippen LogP contribution is 2.59. The van der Waals surface area contributed by atoms with E-state index >= 15 is 0 Å². The third-order valence-electron chi connectivity index (χ3n) is 5.73. The average Bonchev–Trinajstić information content (AvgIpc) is 3.00. The van der Waals surface area contributed by atoms with Crippen LogP contribution in [0, 0.1) is 35.5 Å². The second-order valence-corrected chi connectivity index (χ2v) is 6.56. The normalized spacial score (nSPS) is 50.6. The number of hydrogen-bond donors (Lipinski definition) is 0. The Morgan fingerprint density at radius 1 is 1.18 bits per heavy atom. The van der Waals surface area contributed by atoms with Gasteiger partial charge in [-0.15, -0.1) is 0 Å². The van der Waals surface area contributed by atoms with Gasteiger partial charge in [0.15, 0.2) is 0 Å². The van der Waals surface area contributed by atoms with Gasteiger partial charge in [-0.2, -0.15) is 0 Å². The van der Waals surface area contributed by atoms with E-state index in [9.17, 15) is 0 Å². The van der Waals surface area contributed by atoms with Crippen LogP contribution in [0.25, 0.3) is 0 Å². The quantitative estimate of drug-likeness (QED) is 0.596. The summed E-state index contributed by atoms with van der Waals surface area (Å²) in [5.74, 6) is 5.64. The predicted octanol–water partition coefficient (Wildman–Crippen LogP) is 4.83. The fourth-order valence-corrected chi connectivity index (χ4v) is 5.10. The summed E-state index contributed by atoms with van der Waals surface area (Å²) in [6.45, 7) is 7.02. The van der Waals surface area contributed by atoms with Gasteiger partial charge in [0.1, 0.15) is 0 Å². The molecule has 0 spiro atoms. The minimum absolute atomic E-state index is 0.834. The molecule has 0 nitrogen and oxygen atoms in total. The van der Waals surface area contributed by atoms with Crippen molar-refractivity contribution >= 4 is 0 Å². The standard InChI is InChI=1S/C17H26/c1-4-14-13-9-16(12-7-6-11(3)8-12)17(10-13)15(14)5-2/h4,6-7,11-13,15-17H,5,8-10H2,1-3H3/b14-4+. The lowest BCUT2D eigenvalue weighted by Crippen LogP contribution is -2.26. The molecule has 2 saturated carbocycles. The first-order valence-electron chi connectivity index (χ1n) is 7.59. The Kier molecular flexibility index (Phi) is 2.92. The first-order chi connectivity index (χ1) is 8.24. The zero-order chi connectivity index (χ0) is 12.0. The lowest BCUT2D eigenvalue weighted by Gasteiger charge is -2.34. The lowest BCUT2D eigenvalue weighted by molar-refractivity contribution is 0.218. The molecule has 0 aromatic carbocycles. The Bertz CT molecular complexity index is 349. The summed E-state index contributed by atoms with van der Waals surface area (Å²) in [4.78, 5) is 0. The molecule has 2 bridgehead atoms. The molecule has 17 heavy (non-hydrogen) atoms. The van der Waals surface area contributed by atoms with E-state index in [1.54, 1.807) is 0 Å². The van der Waals surface area contributed by atoms with Crippen molar-refractivity contribution in [3.05, 3.63) is 23.8 Å². The Balaban J connectivity index is 1.77. The third-order valence-corrected chi connectivity index (χ3v) is 5.73. The van der Waals surface area contributed by atoms with Crippen molar-refractivity contribution in [2.45, 2.75) is 46.5 Å². The predicted molar refractivity (Wildman–Crippen MR) is 73.7 cm³/mol. The minimum atomic E-state index is 0.834. The van der Waals surface area contributed by atoms with Gasteiger partial charge in [0.05, 0.1) is 0 Å². The molecule has 94 valence electrons. The lowest BCUT2D eigenvalue weighted by atomic mass is 9.71. The van der Waals surface area contributed by atoms with Gasteiger partial charge in [-0.1, -0.05) is 37.6 Å². The summed E-state index contributed by atoms with van der Waals surface area (Å²) in [5.41, 5.74) is 1.81. The molecule has 0 aromatic heterocycles. The van der Waals surface area contributed by atoms with E-state index in [2.05, 4.69) is 39.0 Å². The molecule has 0 N–H and O–H groups in total. The zero-order valence-electron chi connectivity index (χ0n) is 11.5. The van der Waals surface area contributed by atoms with Crippen molar-refractivity contribution in [1.82, 2.24) is 0 Å². The zero-order valence-corrected chi connectivity index (χ0v) is 11.5. The highest BCUT2D eigenvalue weighted by molar-refractivity contribution is 5.23. The maximum atomic E-state index is 2.54. The maximum Gasteiger partial charge on any atom is -0.0172 e. The van der Waals surface area contributed by atoms with Crippen LogP contribution in [0.5, 0.6) is 0 Å². The molecule has 0 heterocycles. The first kappa shape index (κ1) is 11.6. The summed E-state index contributed by atoms with van der Waals surface area (Å²) in [6.07, 6.45) is 13.2. The number of allylic oxidation sites excluding steroid dienone is 4. The molecule has 0 aliphatic heterocycles. The third kappa shape index (κ3) is 1.72. The van der Waals surface area contributed by atoms with Gasteiger partial charge in [-0.05, 0) is 68.1 Å². The van der Waals surface area contributed by atoms with Crippen LogP contribution < -0.4 is 0 Å². The average molecular weight is 230 g/mol. The molecule has 0 aromatic rings. The van der Waals surface area contributed by atoms with Crippen LogP contribution in [0.4, 0.5) is 0 Å². The molecule has 6 atom stereocenters. The Labute approximate surface area is 106 Å². The number of hydrogen-bond acceptors (Lipinski definition) is 0. The van der Waals surface area contributed by atoms with E-state index in [1.165, 1.54) is 25.7 Å². The van der Waals surface area contributed by atoms with E-state index in [-0.39, 0.29) is 0 Å². The number of rotatable bonds is 2. The highest BCUT2D eigenvalue weighted by atomic mass is 14.5. The van der Waals surface area contributed by atoms with Crippen molar-refractivity contribution in [1.29, 1.82) is 0 Å². The van der Waals surface area contributed by atoms with Gasteiger partial charge in [-0.25, -0.2) is 0 Å². The molecule has 3 rings (SSSR count). The van der Waals surface area contributed by atoms with Crippen molar-refractivity contribution in [3.8, 4) is 0 Å². The molecule has 6 unspecified atom stereocenters. The van der Waals surface area contributed by atoms with Crippen molar-refractivity contribution in [2.24, 2.45) is 35.5 Å². The van der Waals surface area contributed by atoms with Crippen LogP contribution in [-0.2, 0) is 0 Å².